The Labute approximate surface area is 86.0 Å². The highest BCUT2D eigenvalue weighted by molar-refractivity contribution is 6.53. The minimum atomic E-state index is -2.98. The fourth-order valence-electron chi connectivity index (χ4n) is 0.740. The molecule has 0 aliphatic heterocycles. The van der Waals surface area contributed by atoms with Crippen LogP contribution in [0.5, 0.6) is 0 Å². The van der Waals surface area contributed by atoms with Crippen LogP contribution in [0.15, 0.2) is 12.3 Å². The summed E-state index contributed by atoms with van der Waals surface area (Å²) >= 11 is 0. The van der Waals surface area contributed by atoms with Crippen LogP contribution in [0.1, 0.15) is 13.8 Å². The highest BCUT2D eigenvalue weighted by atomic mass is 28.4. The molecule has 0 bridgehead atoms. The molecule has 0 rings (SSSR count). The Kier molecular flexibility index (Phi) is 6.76. The van der Waals surface area contributed by atoms with E-state index in [2.05, 4.69) is 6.58 Å². The lowest BCUT2D eigenvalue weighted by Crippen LogP contribution is -2.47. The normalized spacial score (nSPS) is 11.4. The molecule has 0 spiro atoms. The van der Waals surface area contributed by atoms with E-state index in [4.69, 9.17) is 22.4 Å². The van der Waals surface area contributed by atoms with Gasteiger partial charge in [0.1, 0.15) is 0 Å². The summed E-state index contributed by atoms with van der Waals surface area (Å²) in [5.41, 5.74) is 0. The number of hydrogen-bond donors (Lipinski definition) is 0. The second-order valence-electron chi connectivity index (χ2n) is 2.45. The topological polar surface area (TPSA) is 46.2 Å². The Balaban J connectivity index is 4.00. The standard InChI is InChI=1S/C8H18O5Si/c1-6-12-14(9-4,10-5)13-7-11-8(2)3/h2,6-7H2,1,3-5H3. The number of allylic oxidation sites excluding steroid dienone is 1. The fourth-order valence-corrected chi connectivity index (χ4v) is 2.02. The molecule has 14 heavy (non-hydrogen) atoms. The van der Waals surface area contributed by atoms with Gasteiger partial charge in [0.05, 0.1) is 5.76 Å². The molecule has 0 radical (unpaired) electrons. The smallest absolute Gasteiger partial charge is 0.474 e. The third kappa shape index (κ3) is 4.73. The molecular formula is C8H18O5Si. The first kappa shape index (κ1) is 13.6. The van der Waals surface area contributed by atoms with Gasteiger partial charge in [-0.15, -0.1) is 0 Å². The van der Waals surface area contributed by atoms with Crippen molar-refractivity contribution in [1.29, 1.82) is 0 Å². The van der Waals surface area contributed by atoms with Gasteiger partial charge in [-0.05, 0) is 13.8 Å². The molecule has 0 atom stereocenters. The van der Waals surface area contributed by atoms with Crippen molar-refractivity contribution in [1.82, 2.24) is 0 Å². The quantitative estimate of drug-likeness (QED) is 0.352. The molecule has 0 aromatic heterocycles. The molecule has 0 aliphatic carbocycles. The molecule has 6 heteroatoms. The molecule has 0 heterocycles. The number of rotatable bonds is 8. The lowest BCUT2D eigenvalue weighted by atomic mass is 10.7. The Bertz CT molecular complexity index is 169. The first-order chi connectivity index (χ1) is 6.60. The number of hydrogen-bond acceptors (Lipinski definition) is 5. The van der Waals surface area contributed by atoms with Gasteiger partial charge in [-0.2, -0.15) is 0 Å². The van der Waals surface area contributed by atoms with Crippen LogP contribution in [-0.2, 0) is 22.4 Å². The van der Waals surface area contributed by atoms with Crippen molar-refractivity contribution in [3.05, 3.63) is 12.3 Å². The van der Waals surface area contributed by atoms with E-state index in [9.17, 15) is 0 Å². The summed E-state index contributed by atoms with van der Waals surface area (Å²) in [6, 6.07) is 0. The average molecular weight is 222 g/mol. The minimum absolute atomic E-state index is 0.0171. The summed E-state index contributed by atoms with van der Waals surface area (Å²) in [5.74, 6) is 0.566. The minimum Gasteiger partial charge on any atom is -0.474 e. The highest BCUT2D eigenvalue weighted by Crippen LogP contribution is 2.09. The Morgan fingerprint density at radius 2 is 1.79 bits per heavy atom. The van der Waals surface area contributed by atoms with E-state index in [0.717, 1.165) is 0 Å². The molecule has 0 saturated carbocycles. The van der Waals surface area contributed by atoms with Crippen LogP contribution in [0, 0.1) is 0 Å². The monoisotopic (exact) mass is 222 g/mol. The zero-order valence-electron chi connectivity index (χ0n) is 9.16. The van der Waals surface area contributed by atoms with Gasteiger partial charge in [0.15, 0.2) is 6.79 Å². The predicted octanol–water partition coefficient (Wildman–Crippen LogP) is 1.28. The van der Waals surface area contributed by atoms with Crippen molar-refractivity contribution in [2.75, 3.05) is 27.6 Å². The zero-order chi connectivity index (χ0) is 11.0. The molecule has 0 unspecified atom stereocenters. The summed E-state index contributed by atoms with van der Waals surface area (Å²) in [4.78, 5) is 0. The van der Waals surface area contributed by atoms with Crippen LogP contribution < -0.4 is 0 Å². The Morgan fingerprint density at radius 1 is 1.21 bits per heavy atom. The molecule has 0 amide bonds. The van der Waals surface area contributed by atoms with E-state index in [0.29, 0.717) is 12.4 Å². The van der Waals surface area contributed by atoms with E-state index >= 15 is 0 Å². The van der Waals surface area contributed by atoms with Crippen LogP contribution >= 0.6 is 0 Å². The molecule has 5 nitrogen and oxygen atoms in total. The largest absolute Gasteiger partial charge is 0.681 e. The Morgan fingerprint density at radius 3 is 2.14 bits per heavy atom. The third-order valence-electron chi connectivity index (χ3n) is 1.36. The van der Waals surface area contributed by atoms with Crippen LogP contribution in [0.2, 0.25) is 0 Å². The average Bonchev–Trinajstić information content (AvgIpc) is 2.16. The van der Waals surface area contributed by atoms with E-state index in [-0.39, 0.29) is 6.79 Å². The van der Waals surface area contributed by atoms with Gasteiger partial charge in [-0.25, -0.2) is 0 Å². The van der Waals surface area contributed by atoms with Gasteiger partial charge in [0, 0.05) is 20.8 Å². The van der Waals surface area contributed by atoms with Gasteiger partial charge in [-0.1, -0.05) is 6.58 Å². The maximum absolute atomic E-state index is 5.27. The maximum atomic E-state index is 5.27. The van der Waals surface area contributed by atoms with E-state index in [1.807, 2.05) is 6.92 Å². The van der Waals surface area contributed by atoms with Crippen LogP contribution in [0.25, 0.3) is 0 Å². The molecule has 0 aromatic rings. The van der Waals surface area contributed by atoms with Crippen molar-refractivity contribution in [3.8, 4) is 0 Å². The van der Waals surface area contributed by atoms with Gasteiger partial charge in [0.25, 0.3) is 0 Å². The van der Waals surface area contributed by atoms with E-state index in [1.54, 1.807) is 6.92 Å². The zero-order valence-corrected chi connectivity index (χ0v) is 10.2. The molecule has 0 saturated heterocycles. The summed E-state index contributed by atoms with van der Waals surface area (Å²) in [6.45, 7) is 7.60. The fraction of sp³-hybridized carbons (Fsp3) is 0.750. The van der Waals surface area contributed by atoms with Crippen molar-refractivity contribution in [2.24, 2.45) is 0 Å². The maximum Gasteiger partial charge on any atom is 0.681 e. The molecule has 0 N–H and O–H groups in total. The van der Waals surface area contributed by atoms with Crippen molar-refractivity contribution < 1.29 is 22.4 Å². The van der Waals surface area contributed by atoms with Crippen molar-refractivity contribution in [3.63, 3.8) is 0 Å². The van der Waals surface area contributed by atoms with Gasteiger partial charge < -0.3 is 22.4 Å². The molecule has 0 fully saturated rings. The summed E-state index contributed by atoms with van der Waals surface area (Å²) in [6.07, 6.45) is 0. The van der Waals surface area contributed by atoms with Gasteiger partial charge in [-0.3, -0.25) is 0 Å². The third-order valence-corrected chi connectivity index (χ3v) is 3.48. The molecular weight excluding hydrogens is 204 g/mol. The van der Waals surface area contributed by atoms with Gasteiger partial charge >= 0.3 is 9.05 Å². The highest BCUT2D eigenvalue weighted by Gasteiger charge is 2.43. The van der Waals surface area contributed by atoms with Crippen molar-refractivity contribution in [2.45, 2.75) is 13.8 Å². The van der Waals surface area contributed by atoms with E-state index in [1.165, 1.54) is 14.2 Å². The first-order valence-corrected chi connectivity index (χ1v) is 5.90. The summed E-state index contributed by atoms with van der Waals surface area (Å²) < 4.78 is 25.7. The molecule has 0 aliphatic rings. The second-order valence-corrected chi connectivity index (χ2v) is 4.84. The first-order valence-electron chi connectivity index (χ1n) is 4.26. The van der Waals surface area contributed by atoms with Crippen LogP contribution in [0.4, 0.5) is 0 Å². The summed E-state index contributed by atoms with van der Waals surface area (Å²) in [5, 5.41) is 0. The lowest BCUT2D eigenvalue weighted by molar-refractivity contribution is -0.0601. The molecule has 0 aromatic carbocycles. The SMILES string of the molecule is C=C(C)OCO[Si](OC)(OC)OCC. The Hall–Kier alpha value is -0.403. The number of ether oxygens (including phenoxy) is 1. The van der Waals surface area contributed by atoms with Gasteiger partial charge in [0.2, 0.25) is 0 Å². The van der Waals surface area contributed by atoms with Crippen molar-refractivity contribution >= 4 is 9.05 Å². The van der Waals surface area contributed by atoms with Crippen LogP contribution in [-0.4, -0.2) is 36.7 Å². The molecule has 84 valence electrons. The van der Waals surface area contributed by atoms with Crippen LogP contribution in [0.3, 0.4) is 0 Å². The van der Waals surface area contributed by atoms with E-state index < -0.39 is 9.05 Å². The second kappa shape index (κ2) is 6.96. The summed E-state index contributed by atoms with van der Waals surface area (Å²) in [7, 11) is -0.0197. The lowest BCUT2D eigenvalue weighted by Gasteiger charge is -2.24. The predicted molar refractivity (Wildman–Crippen MR) is 53.2 cm³/mol.